The number of carbonyl (C=O) groups excluding carboxylic acids is 1. The molecule has 0 radical (unpaired) electrons. The van der Waals surface area contributed by atoms with Gasteiger partial charge in [0.15, 0.2) is 0 Å². The van der Waals surface area contributed by atoms with Gasteiger partial charge in [-0.05, 0) is 60.8 Å². The van der Waals surface area contributed by atoms with Gasteiger partial charge in [0.25, 0.3) is 0 Å². The van der Waals surface area contributed by atoms with Crippen LogP contribution in [0, 0.1) is 0 Å². The van der Waals surface area contributed by atoms with Gasteiger partial charge in [0.1, 0.15) is 11.4 Å². The summed E-state index contributed by atoms with van der Waals surface area (Å²) in [5.74, 6) is 1.55. The lowest BCUT2D eigenvalue weighted by atomic mass is 9.84. The molecule has 1 aliphatic rings. The zero-order valence-electron chi connectivity index (χ0n) is 18.8. The third-order valence-corrected chi connectivity index (χ3v) is 6.02. The van der Waals surface area contributed by atoms with E-state index in [1.807, 2.05) is 30.3 Å². The number of benzene rings is 2. The number of amides is 2. The Hall–Kier alpha value is -2.49. The minimum atomic E-state index is -0.338. The molecule has 2 amide bonds. The highest BCUT2D eigenvalue weighted by atomic mass is 16.5. The number of hydrogen-bond donors (Lipinski definition) is 2. The summed E-state index contributed by atoms with van der Waals surface area (Å²) in [5, 5.41) is 6.28. The van der Waals surface area contributed by atoms with Gasteiger partial charge in [-0.15, -0.1) is 0 Å². The first-order chi connectivity index (χ1) is 14.4. The summed E-state index contributed by atoms with van der Waals surface area (Å²) in [5.41, 5.74) is 2.95. The predicted octanol–water partition coefficient (Wildman–Crippen LogP) is 6.84. The molecule has 162 valence electrons. The van der Waals surface area contributed by atoms with E-state index in [4.69, 9.17) is 4.74 Å². The van der Waals surface area contributed by atoms with E-state index in [1.54, 1.807) is 0 Å². The fraction of sp³-hybridized carbons (Fsp3) is 0.500. The molecule has 0 unspecified atom stereocenters. The first kappa shape index (κ1) is 22.2. The Morgan fingerprint density at radius 3 is 2.07 bits per heavy atom. The van der Waals surface area contributed by atoms with Crippen molar-refractivity contribution in [2.45, 2.75) is 77.2 Å². The average Bonchev–Trinajstić information content (AvgIpc) is 2.73. The summed E-state index contributed by atoms with van der Waals surface area (Å²) in [6, 6.07) is 16.1. The molecule has 2 N–H and O–H groups in total. The van der Waals surface area contributed by atoms with E-state index in [1.165, 1.54) is 17.5 Å². The van der Waals surface area contributed by atoms with Crippen molar-refractivity contribution in [2.24, 2.45) is 0 Å². The molecular weight excluding hydrogens is 372 g/mol. The van der Waals surface area contributed by atoms with Gasteiger partial charge in [-0.2, -0.15) is 0 Å². The number of rotatable bonds is 7. The summed E-state index contributed by atoms with van der Waals surface area (Å²) in [4.78, 5) is 12.9. The van der Waals surface area contributed by atoms with Gasteiger partial charge in [-0.3, -0.25) is 0 Å². The Kier molecular flexibility index (Phi) is 7.41. The van der Waals surface area contributed by atoms with Crippen molar-refractivity contribution in [3.63, 3.8) is 0 Å². The van der Waals surface area contributed by atoms with Crippen LogP contribution in [0.2, 0.25) is 0 Å². The Bertz CT molecular complexity index is 798. The van der Waals surface area contributed by atoms with Crippen LogP contribution in [0.5, 0.6) is 5.75 Å². The van der Waals surface area contributed by atoms with Gasteiger partial charge in [0.2, 0.25) is 0 Å². The highest BCUT2D eigenvalue weighted by molar-refractivity contribution is 5.91. The van der Waals surface area contributed by atoms with Crippen molar-refractivity contribution in [2.75, 3.05) is 11.9 Å². The number of carbonyl (C=O) groups is 1. The molecule has 0 saturated heterocycles. The van der Waals surface area contributed by atoms with Crippen molar-refractivity contribution in [3.8, 4) is 5.75 Å². The molecule has 0 bridgehead atoms. The molecule has 0 atom stereocenters. The number of anilines is 1. The van der Waals surface area contributed by atoms with Crippen molar-refractivity contribution in [1.82, 2.24) is 5.32 Å². The van der Waals surface area contributed by atoms with Crippen molar-refractivity contribution < 1.29 is 9.53 Å². The van der Waals surface area contributed by atoms with E-state index in [0.717, 1.165) is 37.1 Å². The second-order valence-corrected chi connectivity index (χ2v) is 9.09. The predicted molar refractivity (Wildman–Crippen MR) is 125 cm³/mol. The maximum atomic E-state index is 12.9. The minimum Gasteiger partial charge on any atom is -0.485 e. The lowest BCUT2D eigenvalue weighted by Gasteiger charge is -2.38. The molecule has 2 aromatic carbocycles. The van der Waals surface area contributed by atoms with Crippen LogP contribution in [0.4, 0.5) is 10.5 Å². The lowest BCUT2D eigenvalue weighted by molar-refractivity contribution is 0.0331. The molecular formula is C26H36N2O2. The van der Waals surface area contributed by atoms with E-state index in [-0.39, 0.29) is 11.6 Å². The Morgan fingerprint density at radius 2 is 1.50 bits per heavy atom. The van der Waals surface area contributed by atoms with Crippen LogP contribution >= 0.6 is 0 Å². The molecule has 1 saturated carbocycles. The van der Waals surface area contributed by atoms with E-state index in [0.29, 0.717) is 18.4 Å². The standard InChI is InChI=1S/C26H36N2O2/c1-19(2)22-14-11-15-23(20(3)4)24(22)28-25(29)27-18-26(16-9-6-10-17-26)30-21-12-7-5-8-13-21/h5,7-8,11-15,19-20H,6,9-10,16-18H2,1-4H3,(H2,27,28,29). The fourth-order valence-electron chi connectivity index (χ4n) is 4.34. The molecule has 0 heterocycles. The van der Waals surface area contributed by atoms with Crippen molar-refractivity contribution in [3.05, 3.63) is 59.7 Å². The number of nitrogens with one attached hydrogen (secondary N) is 2. The normalized spacial score (nSPS) is 15.8. The Morgan fingerprint density at radius 1 is 0.900 bits per heavy atom. The topological polar surface area (TPSA) is 50.4 Å². The Balaban J connectivity index is 1.72. The van der Waals surface area contributed by atoms with Crippen LogP contribution in [-0.4, -0.2) is 18.2 Å². The molecule has 30 heavy (non-hydrogen) atoms. The van der Waals surface area contributed by atoms with Crippen molar-refractivity contribution in [1.29, 1.82) is 0 Å². The van der Waals surface area contributed by atoms with Crippen molar-refractivity contribution >= 4 is 11.7 Å². The van der Waals surface area contributed by atoms with Gasteiger partial charge in [0.05, 0.1) is 6.54 Å². The van der Waals surface area contributed by atoms with Gasteiger partial charge in [-0.25, -0.2) is 4.79 Å². The summed E-state index contributed by atoms with van der Waals surface area (Å²) in [6.45, 7) is 9.15. The smallest absolute Gasteiger partial charge is 0.319 e. The molecule has 4 heteroatoms. The molecule has 1 aliphatic carbocycles. The molecule has 4 nitrogen and oxygen atoms in total. The highest BCUT2D eigenvalue weighted by Crippen LogP contribution is 2.34. The quantitative estimate of drug-likeness (QED) is 0.527. The molecule has 0 aromatic heterocycles. The molecule has 0 spiro atoms. The number of urea groups is 1. The van der Waals surface area contributed by atoms with Crippen LogP contribution in [0.3, 0.4) is 0 Å². The molecule has 0 aliphatic heterocycles. The number of para-hydroxylation sites is 2. The summed E-state index contributed by atoms with van der Waals surface area (Å²) >= 11 is 0. The van der Waals surface area contributed by atoms with E-state index in [2.05, 4.69) is 56.5 Å². The van der Waals surface area contributed by atoms with Crippen LogP contribution in [0.25, 0.3) is 0 Å². The average molecular weight is 409 g/mol. The second kappa shape index (κ2) is 10.0. The maximum absolute atomic E-state index is 12.9. The number of ether oxygens (including phenoxy) is 1. The third kappa shape index (κ3) is 5.56. The van der Waals surface area contributed by atoms with E-state index < -0.39 is 0 Å². The fourth-order valence-corrected chi connectivity index (χ4v) is 4.34. The summed E-state index contributed by atoms with van der Waals surface area (Å²) < 4.78 is 6.42. The first-order valence-electron chi connectivity index (χ1n) is 11.3. The van der Waals surface area contributed by atoms with Gasteiger partial charge >= 0.3 is 6.03 Å². The molecule has 3 rings (SSSR count). The molecule has 1 fully saturated rings. The zero-order chi connectivity index (χ0) is 21.6. The van der Waals surface area contributed by atoms with Gasteiger partial charge in [0, 0.05) is 5.69 Å². The van der Waals surface area contributed by atoms with E-state index >= 15 is 0 Å². The van der Waals surface area contributed by atoms with Crippen LogP contribution in [0.1, 0.15) is 82.8 Å². The second-order valence-electron chi connectivity index (χ2n) is 9.09. The minimum absolute atomic E-state index is 0.161. The zero-order valence-corrected chi connectivity index (χ0v) is 18.8. The van der Waals surface area contributed by atoms with Crippen LogP contribution < -0.4 is 15.4 Å². The van der Waals surface area contributed by atoms with Crippen LogP contribution in [-0.2, 0) is 0 Å². The summed E-state index contributed by atoms with van der Waals surface area (Å²) in [6.07, 6.45) is 5.41. The first-order valence-corrected chi connectivity index (χ1v) is 11.3. The maximum Gasteiger partial charge on any atom is 0.319 e. The summed E-state index contributed by atoms with van der Waals surface area (Å²) in [7, 11) is 0. The highest BCUT2D eigenvalue weighted by Gasteiger charge is 2.35. The SMILES string of the molecule is CC(C)c1cccc(C(C)C)c1NC(=O)NCC1(Oc2ccccc2)CCCCC1. The Labute approximate surface area is 181 Å². The van der Waals surface area contributed by atoms with Gasteiger partial charge < -0.3 is 15.4 Å². The monoisotopic (exact) mass is 408 g/mol. The molecule has 2 aromatic rings. The third-order valence-electron chi connectivity index (χ3n) is 6.02. The van der Waals surface area contributed by atoms with E-state index in [9.17, 15) is 4.79 Å². The van der Waals surface area contributed by atoms with Gasteiger partial charge in [-0.1, -0.05) is 70.5 Å². The number of hydrogen-bond acceptors (Lipinski definition) is 2. The lowest BCUT2D eigenvalue weighted by Crippen LogP contribution is -2.49. The largest absolute Gasteiger partial charge is 0.485 e. The van der Waals surface area contributed by atoms with Crippen LogP contribution in [0.15, 0.2) is 48.5 Å².